The second kappa shape index (κ2) is 2.46. The molecule has 0 radical (unpaired) electrons. The predicted molar refractivity (Wildman–Crippen MR) is 30.5 cm³/mol. The summed E-state index contributed by atoms with van der Waals surface area (Å²) < 4.78 is 10.2. The number of rotatable bonds is 1. The molecule has 48 valence electrons. The fraction of sp³-hybridized carbons (Fsp3) is 1.00. The average molecular weight is 116 g/mol. The van der Waals surface area contributed by atoms with E-state index in [1.54, 1.807) is 7.11 Å². The Labute approximate surface area is 49.8 Å². The Balaban J connectivity index is 2.30. The Bertz CT molecular complexity index is 72.9. The van der Waals surface area contributed by atoms with Gasteiger partial charge >= 0.3 is 0 Å². The van der Waals surface area contributed by atoms with Crippen LogP contribution in [0.4, 0.5) is 0 Å². The standard InChI is InChI=1S/C6H12O2/c1-5-3-4-8-6(5)7-2/h5-6H,3-4H2,1-2H3/t5?,6-/m0/s1. The highest BCUT2D eigenvalue weighted by atomic mass is 16.7. The molecule has 0 aromatic carbocycles. The first-order valence-electron chi connectivity index (χ1n) is 2.99. The minimum absolute atomic E-state index is 0.0648. The van der Waals surface area contributed by atoms with Gasteiger partial charge in [-0.1, -0.05) is 6.92 Å². The lowest BCUT2D eigenvalue weighted by Gasteiger charge is -2.10. The van der Waals surface area contributed by atoms with E-state index >= 15 is 0 Å². The zero-order chi connectivity index (χ0) is 5.98. The maximum Gasteiger partial charge on any atom is 0.159 e. The van der Waals surface area contributed by atoms with E-state index in [0.29, 0.717) is 5.92 Å². The first-order chi connectivity index (χ1) is 3.84. The fourth-order valence-electron chi connectivity index (χ4n) is 0.971. The maximum atomic E-state index is 5.19. The van der Waals surface area contributed by atoms with Crippen LogP contribution in [0, 0.1) is 5.92 Å². The molecule has 0 spiro atoms. The van der Waals surface area contributed by atoms with Crippen LogP contribution in [-0.4, -0.2) is 20.0 Å². The van der Waals surface area contributed by atoms with E-state index in [2.05, 4.69) is 6.92 Å². The number of methoxy groups -OCH3 is 1. The highest BCUT2D eigenvalue weighted by Gasteiger charge is 2.22. The predicted octanol–water partition coefficient (Wildman–Crippen LogP) is 1.02. The molecule has 0 aromatic rings. The molecule has 0 amide bonds. The van der Waals surface area contributed by atoms with Crippen molar-refractivity contribution in [1.29, 1.82) is 0 Å². The van der Waals surface area contributed by atoms with Crippen molar-refractivity contribution < 1.29 is 9.47 Å². The van der Waals surface area contributed by atoms with Crippen LogP contribution < -0.4 is 0 Å². The Morgan fingerprint density at radius 2 is 2.38 bits per heavy atom. The molecule has 0 bridgehead atoms. The van der Waals surface area contributed by atoms with E-state index in [1.165, 1.54) is 0 Å². The van der Waals surface area contributed by atoms with Crippen LogP contribution in [0.3, 0.4) is 0 Å². The van der Waals surface area contributed by atoms with Gasteiger partial charge in [0.25, 0.3) is 0 Å². The Hall–Kier alpha value is -0.0800. The summed E-state index contributed by atoms with van der Waals surface area (Å²) in [5.41, 5.74) is 0. The molecule has 8 heavy (non-hydrogen) atoms. The van der Waals surface area contributed by atoms with E-state index in [9.17, 15) is 0 Å². The molecule has 1 aliphatic heterocycles. The van der Waals surface area contributed by atoms with Gasteiger partial charge in [0.1, 0.15) is 0 Å². The van der Waals surface area contributed by atoms with Crippen LogP contribution >= 0.6 is 0 Å². The summed E-state index contributed by atoms with van der Waals surface area (Å²) in [6.07, 6.45) is 1.20. The quantitative estimate of drug-likeness (QED) is 0.509. The molecule has 1 heterocycles. The SMILES string of the molecule is CO[C@H]1OCCC1C. The third-order valence-corrected chi connectivity index (χ3v) is 1.55. The van der Waals surface area contributed by atoms with Crippen LogP contribution in [-0.2, 0) is 9.47 Å². The first-order valence-corrected chi connectivity index (χ1v) is 2.99. The summed E-state index contributed by atoms with van der Waals surface area (Å²) >= 11 is 0. The van der Waals surface area contributed by atoms with Gasteiger partial charge in [0.05, 0.1) is 6.61 Å². The van der Waals surface area contributed by atoms with Crippen molar-refractivity contribution in [3.05, 3.63) is 0 Å². The Kier molecular flexibility index (Phi) is 1.86. The van der Waals surface area contributed by atoms with Gasteiger partial charge in [-0.05, 0) is 6.42 Å². The summed E-state index contributed by atoms with van der Waals surface area (Å²) in [7, 11) is 1.69. The van der Waals surface area contributed by atoms with E-state index < -0.39 is 0 Å². The van der Waals surface area contributed by atoms with Gasteiger partial charge in [-0.2, -0.15) is 0 Å². The number of hydrogen-bond acceptors (Lipinski definition) is 2. The van der Waals surface area contributed by atoms with Crippen LogP contribution in [0.2, 0.25) is 0 Å². The molecule has 1 saturated heterocycles. The molecule has 1 unspecified atom stereocenters. The zero-order valence-corrected chi connectivity index (χ0v) is 5.39. The van der Waals surface area contributed by atoms with Crippen molar-refractivity contribution in [2.75, 3.05) is 13.7 Å². The van der Waals surface area contributed by atoms with Gasteiger partial charge in [0.2, 0.25) is 0 Å². The lowest BCUT2D eigenvalue weighted by molar-refractivity contribution is -0.106. The summed E-state index contributed by atoms with van der Waals surface area (Å²) in [6.45, 7) is 3.00. The van der Waals surface area contributed by atoms with E-state index in [0.717, 1.165) is 13.0 Å². The summed E-state index contributed by atoms with van der Waals surface area (Å²) in [5, 5.41) is 0. The molecule has 1 rings (SSSR count). The van der Waals surface area contributed by atoms with Crippen molar-refractivity contribution in [2.45, 2.75) is 19.6 Å². The lowest BCUT2D eigenvalue weighted by atomic mass is 10.1. The molecule has 0 saturated carbocycles. The molecular formula is C6H12O2. The van der Waals surface area contributed by atoms with E-state index in [1.807, 2.05) is 0 Å². The highest BCUT2D eigenvalue weighted by molar-refractivity contribution is 4.62. The fourth-order valence-corrected chi connectivity index (χ4v) is 0.971. The van der Waals surface area contributed by atoms with Gasteiger partial charge < -0.3 is 9.47 Å². The van der Waals surface area contributed by atoms with Crippen LogP contribution in [0.15, 0.2) is 0 Å². The van der Waals surface area contributed by atoms with E-state index in [4.69, 9.17) is 9.47 Å². The molecule has 0 aliphatic carbocycles. The smallest absolute Gasteiger partial charge is 0.159 e. The summed E-state index contributed by atoms with van der Waals surface area (Å²) in [5.74, 6) is 0.583. The molecule has 1 aliphatic rings. The largest absolute Gasteiger partial charge is 0.356 e. The van der Waals surface area contributed by atoms with Crippen molar-refractivity contribution in [2.24, 2.45) is 5.92 Å². The third-order valence-electron chi connectivity index (χ3n) is 1.55. The highest BCUT2D eigenvalue weighted by Crippen LogP contribution is 2.19. The first kappa shape index (κ1) is 6.05. The topological polar surface area (TPSA) is 18.5 Å². The minimum Gasteiger partial charge on any atom is -0.356 e. The van der Waals surface area contributed by atoms with Crippen molar-refractivity contribution in [3.8, 4) is 0 Å². The van der Waals surface area contributed by atoms with Crippen LogP contribution in [0.1, 0.15) is 13.3 Å². The van der Waals surface area contributed by atoms with Gasteiger partial charge in [-0.25, -0.2) is 0 Å². The second-order valence-corrected chi connectivity index (χ2v) is 2.24. The van der Waals surface area contributed by atoms with Crippen molar-refractivity contribution >= 4 is 0 Å². The van der Waals surface area contributed by atoms with Gasteiger partial charge in [0.15, 0.2) is 6.29 Å². The average Bonchev–Trinajstić information content (AvgIpc) is 2.14. The number of ether oxygens (including phenoxy) is 2. The zero-order valence-electron chi connectivity index (χ0n) is 5.39. The van der Waals surface area contributed by atoms with Crippen LogP contribution in [0.5, 0.6) is 0 Å². The van der Waals surface area contributed by atoms with Crippen molar-refractivity contribution in [1.82, 2.24) is 0 Å². The Morgan fingerprint density at radius 3 is 2.62 bits per heavy atom. The van der Waals surface area contributed by atoms with Crippen LogP contribution in [0.25, 0.3) is 0 Å². The van der Waals surface area contributed by atoms with Crippen molar-refractivity contribution in [3.63, 3.8) is 0 Å². The van der Waals surface area contributed by atoms with Gasteiger partial charge in [-0.3, -0.25) is 0 Å². The molecule has 2 heteroatoms. The minimum atomic E-state index is 0.0648. The summed E-state index contributed by atoms with van der Waals surface area (Å²) in [4.78, 5) is 0. The normalized spacial score (nSPS) is 38.2. The van der Waals surface area contributed by atoms with E-state index in [-0.39, 0.29) is 6.29 Å². The maximum absolute atomic E-state index is 5.19. The van der Waals surface area contributed by atoms with Gasteiger partial charge in [-0.15, -0.1) is 0 Å². The monoisotopic (exact) mass is 116 g/mol. The molecule has 0 aromatic heterocycles. The molecule has 0 N–H and O–H groups in total. The second-order valence-electron chi connectivity index (χ2n) is 2.24. The lowest BCUT2D eigenvalue weighted by Crippen LogP contribution is -2.14. The molecule has 2 nitrogen and oxygen atoms in total. The molecule has 2 atom stereocenters. The Morgan fingerprint density at radius 1 is 1.62 bits per heavy atom. The van der Waals surface area contributed by atoms with Gasteiger partial charge in [0, 0.05) is 13.0 Å². The summed E-state index contributed by atoms with van der Waals surface area (Å²) in [6, 6.07) is 0. The third kappa shape index (κ3) is 1.01. The number of hydrogen-bond donors (Lipinski definition) is 0. The molecular weight excluding hydrogens is 104 g/mol. The molecule has 1 fully saturated rings.